The van der Waals surface area contributed by atoms with Gasteiger partial charge in [-0.15, -0.1) is 0 Å². The van der Waals surface area contributed by atoms with E-state index in [2.05, 4.69) is 20.3 Å². The van der Waals surface area contributed by atoms with Gasteiger partial charge >= 0.3 is 0 Å². The van der Waals surface area contributed by atoms with Crippen LogP contribution >= 0.6 is 0 Å². The van der Waals surface area contributed by atoms with Gasteiger partial charge in [-0.25, -0.2) is 4.39 Å². The van der Waals surface area contributed by atoms with Crippen LogP contribution in [-0.2, 0) is 13.6 Å². The molecule has 1 amide bonds. The number of nitrogens with two attached hydrogens (primary N) is 1. The lowest BCUT2D eigenvalue weighted by Gasteiger charge is -2.21. The number of pyridine rings is 1. The van der Waals surface area contributed by atoms with Crippen molar-refractivity contribution in [2.24, 2.45) is 12.8 Å². The van der Waals surface area contributed by atoms with Gasteiger partial charge in [-0.2, -0.15) is 5.10 Å². The number of hydrogen-bond donors (Lipinski definition) is 2. The Hall–Kier alpha value is -2.32. The fourth-order valence-corrected chi connectivity index (χ4v) is 3.39. The first kappa shape index (κ1) is 17.5. The van der Waals surface area contributed by atoms with Crippen LogP contribution in [-0.4, -0.2) is 44.7 Å². The number of nitrogens with one attached hydrogen (secondary N) is 1. The SMILES string of the molecule is CC(NC1CCN(Cc2cn(C)nc2C(N)=O)C1)c1ccncc1F. The molecule has 1 aliphatic heterocycles. The fraction of sp³-hybridized carbons (Fsp3) is 0.471. The first-order chi connectivity index (χ1) is 11.9. The summed E-state index contributed by atoms with van der Waals surface area (Å²) >= 11 is 0. The number of nitrogens with zero attached hydrogens (tertiary/aromatic N) is 4. The lowest BCUT2D eigenvalue weighted by atomic mass is 10.1. The van der Waals surface area contributed by atoms with Crippen molar-refractivity contribution >= 4 is 5.91 Å². The fourth-order valence-electron chi connectivity index (χ4n) is 3.39. The summed E-state index contributed by atoms with van der Waals surface area (Å²) in [5.41, 5.74) is 7.17. The Morgan fingerprint density at radius 1 is 1.56 bits per heavy atom. The third-order valence-electron chi connectivity index (χ3n) is 4.56. The lowest BCUT2D eigenvalue weighted by molar-refractivity contribution is 0.0993. The molecule has 0 saturated carbocycles. The zero-order chi connectivity index (χ0) is 18.0. The van der Waals surface area contributed by atoms with Crippen LogP contribution in [0.4, 0.5) is 4.39 Å². The molecule has 3 N–H and O–H groups in total. The standard InChI is InChI=1S/C17H23FN6O/c1-11(14-3-5-20-7-15(14)18)21-13-4-6-24(10-13)9-12-8-23(2)22-16(12)17(19)25/h3,5,7-8,11,13,21H,4,6,9-10H2,1-2H3,(H2,19,25). The lowest BCUT2D eigenvalue weighted by Crippen LogP contribution is -2.34. The molecule has 2 aromatic rings. The molecule has 2 unspecified atom stereocenters. The number of primary amides is 1. The van der Waals surface area contributed by atoms with Crippen LogP contribution in [0.1, 0.15) is 41.0 Å². The largest absolute Gasteiger partial charge is 0.364 e. The molecule has 0 aliphatic carbocycles. The van der Waals surface area contributed by atoms with Crippen LogP contribution in [0.5, 0.6) is 0 Å². The molecule has 1 aliphatic rings. The van der Waals surface area contributed by atoms with Crippen LogP contribution in [0.15, 0.2) is 24.7 Å². The molecule has 2 aromatic heterocycles. The second-order valence-corrected chi connectivity index (χ2v) is 6.55. The van der Waals surface area contributed by atoms with Crippen molar-refractivity contribution in [2.75, 3.05) is 13.1 Å². The van der Waals surface area contributed by atoms with E-state index in [0.29, 0.717) is 17.8 Å². The number of rotatable bonds is 6. The van der Waals surface area contributed by atoms with Gasteiger partial charge in [-0.1, -0.05) is 0 Å². The van der Waals surface area contributed by atoms with E-state index in [1.54, 1.807) is 24.0 Å². The van der Waals surface area contributed by atoms with E-state index in [0.717, 1.165) is 25.1 Å². The normalized spacial score (nSPS) is 19.2. The molecule has 134 valence electrons. The smallest absolute Gasteiger partial charge is 0.269 e. The van der Waals surface area contributed by atoms with E-state index in [4.69, 9.17) is 5.73 Å². The molecule has 2 atom stereocenters. The molecule has 7 nitrogen and oxygen atoms in total. The number of amides is 1. The number of halogens is 1. The van der Waals surface area contributed by atoms with Gasteiger partial charge in [0, 0.05) is 62.3 Å². The van der Waals surface area contributed by atoms with Gasteiger partial charge in [0.05, 0.1) is 6.20 Å². The maximum Gasteiger partial charge on any atom is 0.269 e. The predicted octanol–water partition coefficient (Wildman–Crippen LogP) is 0.978. The van der Waals surface area contributed by atoms with E-state index in [9.17, 15) is 9.18 Å². The van der Waals surface area contributed by atoms with Gasteiger partial charge in [0.25, 0.3) is 5.91 Å². The molecule has 8 heteroatoms. The van der Waals surface area contributed by atoms with Crippen molar-refractivity contribution in [3.63, 3.8) is 0 Å². The van der Waals surface area contributed by atoms with Crippen LogP contribution < -0.4 is 11.1 Å². The van der Waals surface area contributed by atoms with Crippen molar-refractivity contribution in [2.45, 2.75) is 32.0 Å². The topological polar surface area (TPSA) is 89.1 Å². The zero-order valence-corrected chi connectivity index (χ0v) is 14.4. The van der Waals surface area contributed by atoms with Gasteiger partial charge in [-0.05, 0) is 19.4 Å². The third-order valence-corrected chi connectivity index (χ3v) is 4.56. The van der Waals surface area contributed by atoms with Crippen LogP contribution in [0, 0.1) is 5.82 Å². The second-order valence-electron chi connectivity index (χ2n) is 6.55. The summed E-state index contributed by atoms with van der Waals surface area (Å²) in [4.78, 5) is 17.5. The van der Waals surface area contributed by atoms with Crippen molar-refractivity contribution in [1.82, 2.24) is 25.0 Å². The number of carbonyl (C=O) groups is 1. The van der Waals surface area contributed by atoms with E-state index in [1.165, 1.54) is 6.20 Å². The van der Waals surface area contributed by atoms with Crippen LogP contribution in [0.25, 0.3) is 0 Å². The van der Waals surface area contributed by atoms with Crippen molar-refractivity contribution in [3.05, 3.63) is 47.3 Å². The summed E-state index contributed by atoms with van der Waals surface area (Å²) in [6, 6.07) is 1.87. The Labute approximate surface area is 146 Å². The van der Waals surface area contributed by atoms with Gasteiger partial charge < -0.3 is 11.1 Å². The minimum Gasteiger partial charge on any atom is -0.364 e. The molecule has 25 heavy (non-hydrogen) atoms. The highest BCUT2D eigenvalue weighted by molar-refractivity contribution is 5.92. The molecule has 0 radical (unpaired) electrons. The molecular formula is C17H23FN6O. The molecule has 3 heterocycles. The Morgan fingerprint density at radius 2 is 2.36 bits per heavy atom. The summed E-state index contributed by atoms with van der Waals surface area (Å²) in [7, 11) is 1.77. The monoisotopic (exact) mass is 346 g/mol. The maximum absolute atomic E-state index is 13.8. The number of likely N-dealkylation sites (tertiary alicyclic amines) is 1. The Morgan fingerprint density at radius 3 is 3.08 bits per heavy atom. The molecule has 1 saturated heterocycles. The quantitative estimate of drug-likeness (QED) is 0.814. The number of aromatic nitrogens is 3. The molecule has 0 spiro atoms. The first-order valence-electron chi connectivity index (χ1n) is 8.34. The molecule has 0 bridgehead atoms. The van der Waals surface area contributed by atoms with Gasteiger partial charge in [-0.3, -0.25) is 19.4 Å². The second kappa shape index (κ2) is 7.28. The van der Waals surface area contributed by atoms with Gasteiger partial charge in [0.2, 0.25) is 0 Å². The highest BCUT2D eigenvalue weighted by atomic mass is 19.1. The van der Waals surface area contributed by atoms with Gasteiger partial charge in [0.15, 0.2) is 5.69 Å². The van der Waals surface area contributed by atoms with Gasteiger partial charge in [0.1, 0.15) is 5.82 Å². The van der Waals surface area contributed by atoms with Crippen molar-refractivity contribution in [3.8, 4) is 0 Å². The molecule has 3 rings (SSSR count). The predicted molar refractivity (Wildman–Crippen MR) is 91.2 cm³/mol. The Balaban J connectivity index is 1.59. The van der Waals surface area contributed by atoms with E-state index in [1.807, 2.05) is 13.1 Å². The molecule has 1 fully saturated rings. The zero-order valence-electron chi connectivity index (χ0n) is 14.4. The average molecular weight is 346 g/mol. The van der Waals surface area contributed by atoms with E-state index < -0.39 is 5.91 Å². The highest BCUT2D eigenvalue weighted by Gasteiger charge is 2.26. The highest BCUT2D eigenvalue weighted by Crippen LogP contribution is 2.20. The number of carbonyl (C=O) groups excluding carboxylic acids is 1. The number of aryl methyl sites for hydroxylation is 1. The van der Waals surface area contributed by atoms with Crippen molar-refractivity contribution in [1.29, 1.82) is 0 Å². The van der Waals surface area contributed by atoms with E-state index >= 15 is 0 Å². The third kappa shape index (κ3) is 4.02. The Kier molecular flexibility index (Phi) is 5.10. The summed E-state index contributed by atoms with van der Waals surface area (Å²) in [5.74, 6) is -0.801. The number of hydrogen-bond acceptors (Lipinski definition) is 5. The minimum absolute atomic E-state index is 0.0903. The van der Waals surface area contributed by atoms with Crippen LogP contribution in [0.3, 0.4) is 0 Å². The minimum atomic E-state index is -0.508. The first-order valence-corrected chi connectivity index (χ1v) is 8.34. The summed E-state index contributed by atoms with van der Waals surface area (Å²) in [5, 5.41) is 7.59. The summed E-state index contributed by atoms with van der Waals surface area (Å²) < 4.78 is 15.4. The van der Waals surface area contributed by atoms with Crippen molar-refractivity contribution < 1.29 is 9.18 Å². The van der Waals surface area contributed by atoms with Crippen LogP contribution in [0.2, 0.25) is 0 Å². The molecular weight excluding hydrogens is 323 g/mol. The summed E-state index contributed by atoms with van der Waals surface area (Å²) in [6.45, 7) is 4.30. The maximum atomic E-state index is 13.8. The average Bonchev–Trinajstić information content (AvgIpc) is 3.14. The Bertz CT molecular complexity index is 761. The summed E-state index contributed by atoms with van der Waals surface area (Å²) in [6.07, 6.45) is 5.63. The molecule has 0 aromatic carbocycles. The van der Waals surface area contributed by atoms with E-state index in [-0.39, 0.29) is 17.9 Å².